The van der Waals surface area contributed by atoms with Gasteiger partial charge in [-0.25, -0.2) is 4.98 Å². The highest BCUT2D eigenvalue weighted by molar-refractivity contribution is 5.23. The summed E-state index contributed by atoms with van der Waals surface area (Å²) in [6, 6.07) is 11.7. The Balaban J connectivity index is 1.39. The van der Waals surface area contributed by atoms with Crippen molar-refractivity contribution in [3.05, 3.63) is 54.1 Å². The number of benzene rings is 1. The Morgan fingerprint density at radius 1 is 1.25 bits per heavy atom. The number of aliphatic hydroxyl groups excluding tert-OH is 2. The largest absolute Gasteiger partial charge is 0.504 e. The summed E-state index contributed by atoms with van der Waals surface area (Å²) in [6.07, 6.45) is -2.14. The molecule has 4 N–H and O–H groups in total. The second-order valence-electron chi connectivity index (χ2n) is 7.59. The van der Waals surface area contributed by atoms with Crippen molar-refractivity contribution in [2.45, 2.75) is 30.3 Å². The third-order valence-electron chi connectivity index (χ3n) is 5.70. The van der Waals surface area contributed by atoms with Gasteiger partial charge in [-0.05, 0) is 30.7 Å². The summed E-state index contributed by atoms with van der Waals surface area (Å²) in [5.74, 6) is -1.17. The van der Waals surface area contributed by atoms with Gasteiger partial charge < -0.3 is 25.2 Å². The fourth-order valence-corrected chi connectivity index (χ4v) is 4.26. The molecule has 4 rings (SSSR count). The van der Waals surface area contributed by atoms with Crippen LogP contribution in [-0.2, 0) is 0 Å². The average Bonchev–Trinajstić information content (AvgIpc) is 3.10. The van der Waals surface area contributed by atoms with Gasteiger partial charge in [0, 0.05) is 25.6 Å². The van der Waals surface area contributed by atoms with E-state index in [0.717, 1.165) is 6.07 Å². The zero-order valence-electron chi connectivity index (χ0n) is 15.1. The first-order valence-electron chi connectivity index (χ1n) is 9.25. The van der Waals surface area contributed by atoms with Crippen molar-refractivity contribution >= 4 is 0 Å². The van der Waals surface area contributed by atoms with Crippen LogP contribution in [0.15, 0.2) is 42.5 Å². The first-order chi connectivity index (χ1) is 13.4. The van der Waals surface area contributed by atoms with Gasteiger partial charge in [0.25, 0.3) is 5.95 Å². The summed E-state index contributed by atoms with van der Waals surface area (Å²) in [7, 11) is 0. The fraction of sp³-hybridized carbons (Fsp3) is 0.450. The summed E-state index contributed by atoms with van der Waals surface area (Å²) >= 11 is 0. The van der Waals surface area contributed by atoms with Crippen molar-refractivity contribution in [3.63, 3.8) is 0 Å². The molecule has 28 heavy (non-hydrogen) atoms. The summed E-state index contributed by atoms with van der Waals surface area (Å²) in [6.45, 7) is 0.776. The van der Waals surface area contributed by atoms with Gasteiger partial charge >= 0.3 is 0 Å². The predicted octanol–water partition coefficient (Wildman–Crippen LogP) is 0.835. The molecule has 1 saturated carbocycles. The Labute approximate surface area is 161 Å². The van der Waals surface area contributed by atoms with Crippen molar-refractivity contribution in [2.24, 2.45) is 5.92 Å². The molecule has 0 unspecified atom stereocenters. The molecule has 8 heteroatoms. The second kappa shape index (κ2) is 7.29. The van der Waals surface area contributed by atoms with Crippen molar-refractivity contribution in [1.29, 1.82) is 0 Å². The number of β-amino-alcohol motifs (C(OH)–C–C–N with tert-alkyl or cyclic N) is 2. The van der Waals surface area contributed by atoms with E-state index in [0.29, 0.717) is 18.7 Å². The summed E-state index contributed by atoms with van der Waals surface area (Å²) in [5.41, 5.74) is -1.22. The minimum Gasteiger partial charge on any atom is -0.504 e. The minimum absolute atomic E-state index is 0.102. The van der Waals surface area contributed by atoms with Crippen LogP contribution in [0.1, 0.15) is 18.2 Å². The minimum atomic E-state index is -1.33. The average molecular weight is 390 g/mol. The van der Waals surface area contributed by atoms with Crippen LogP contribution >= 0.6 is 0 Å². The van der Waals surface area contributed by atoms with E-state index in [-0.39, 0.29) is 24.7 Å². The van der Waals surface area contributed by atoms with Gasteiger partial charge in [0.1, 0.15) is 29.7 Å². The van der Waals surface area contributed by atoms with Crippen LogP contribution in [0.3, 0.4) is 0 Å². The van der Waals surface area contributed by atoms with Crippen LogP contribution in [0, 0.1) is 11.9 Å². The number of halogens is 1. The molecule has 2 aliphatic rings. The Morgan fingerprint density at radius 3 is 2.68 bits per heavy atom. The lowest BCUT2D eigenvalue weighted by molar-refractivity contribution is -0.0876. The lowest BCUT2D eigenvalue weighted by atomic mass is 9.93. The van der Waals surface area contributed by atoms with Crippen LogP contribution in [0.2, 0.25) is 0 Å². The Bertz CT molecular complexity index is 839. The molecule has 1 aromatic heterocycles. The van der Waals surface area contributed by atoms with Crippen molar-refractivity contribution in [3.8, 4) is 11.5 Å². The summed E-state index contributed by atoms with van der Waals surface area (Å²) < 4.78 is 19.2. The molecule has 0 radical (unpaired) electrons. The Morgan fingerprint density at radius 2 is 2.00 bits per heavy atom. The Hall–Kier alpha value is -2.26. The van der Waals surface area contributed by atoms with E-state index in [1.807, 2.05) is 23.1 Å². The molecule has 0 spiro atoms. The number of rotatable bonds is 5. The molecular weight excluding hydrogens is 367 g/mol. The second-order valence-corrected chi connectivity index (χ2v) is 7.59. The number of likely N-dealkylation sites (tertiary alicyclic amines) is 1. The van der Waals surface area contributed by atoms with Crippen LogP contribution in [0.5, 0.6) is 11.5 Å². The SMILES string of the molecule is Oc1ccc([C@@H](O)CN2C[C@@H]3C[C@@H](Oc4ccccc4)[C@@H](O)[C@]3(O)C2)nc1F. The van der Waals surface area contributed by atoms with Gasteiger partial charge in [-0.2, -0.15) is 4.39 Å². The van der Waals surface area contributed by atoms with Crippen LogP contribution in [-0.4, -0.2) is 67.8 Å². The highest BCUT2D eigenvalue weighted by atomic mass is 19.1. The maximum atomic E-state index is 13.4. The number of aromatic hydroxyl groups is 1. The standard InChI is InChI=1S/C20H23FN2O5/c21-19-15(24)7-6-14(22-19)16(25)10-23-9-12-8-17(18(26)20(12,27)11-23)28-13-4-2-1-3-5-13/h1-7,12,16-18,24-27H,8-11H2/t12-,16-,17+,18+,20-/m0/s1. The molecule has 2 fully saturated rings. The Kier molecular flexibility index (Phi) is 4.96. The number of aliphatic hydroxyl groups is 3. The molecule has 5 atom stereocenters. The predicted molar refractivity (Wildman–Crippen MR) is 97.2 cm³/mol. The normalized spacial score (nSPS) is 30.9. The molecule has 1 saturated heterocycles. The molecule has 0 bridgehead atoms. The van der Waals surface area contributed by atoms with E-state index in [1.165, 1.54) is 6.07 Å². The molecule has 150 valence electrons. The smallest absolute Gasteiger partial charge is 0.255 e. The maximum Gasteiger partial charge on any atom is 0.255 e. The summed E-state index contributed by atoms with van der Waals surface area (Å²) in [5, 5.41) is 41.2. The molecule has 1 aliphatic heterocycles. The van der Waals surface area contributed by atoms with Gasteiger partial charge in [-0.3, -0.25) is 4.90 Å². The first-order valence-corrected chi connectivity index (χ1v) is 9.25. The number of hydrogen-bond donors (Lipinski definition) is 4. The number of pyridine rings is 1. The topological polar surface area (TPSA) is 106 Å². The maximum absolute atomic E-state index is 13.4. The number of nitrogens with zero attached hydrogens (tertiary/aromatic N) is 2. The third kappa shape index (κ3) is 3.44. The lowest BCUT2D eigenvalue weighted by Gasteiger charge is -2.29. The van der Waals surface area contributed by atoms with Crippen molar-refractivity contribution in [1.82, 2.24) is 9.88 Å². The molecule has 2 heterocycles. The van der Waals surface area contributed by atoms with Gasteiger partial charge in [-0.15, -0.1) is 0 Å². The third-order valence-corrected chi connectivity index (χ3v) is 5.70. The number of para-hydroxylation sites is 1. The zero-order valence-corrected chi connectivity index (χ0v) is 15.1. The van der Waals surface area contributed by atoms with Crippen molar-refractivity contribution in [2.75, 3.05) is 19.6 Å². The van der Waals surface area contributed by atoms with E-state index in [4.69, 9.17) is 4.74 Å². The number of aromatic nitrogens is 1. The van der Waals surface area contributed by atoms with E-state index in [1.54, 1.807) is 12.1 Å². The molecule has 1 aliphatic carbocycles. The molecular formula is C20H23FN2O5. The highest BCUT2D eigenvalue weighted by Gasteiger charge is 2.59. The number of ether oxygens (including phenoxy) is 1. The van der Waals surface area contributed by atoms with Crippen LogP contribution in [0.25, 0.3) is 0 Å². The van der Waals surface area contributed by atoms with Gasteiger partial charge in [-0.1, -0.05) is 18.2 Å². The van der Waals surface area contributed by atoms with E-state index < -0.39 is 35.6 Å². The quantitative estimate of drug-likeness (QED) is 0.561. The number of hydrogen-bond acceptors (Lipinski definition) is 7. The molecule has 0 amide bonds. The van der Waals surface area contributed by atoms with Crippen LogP contribution in [0.4, 0.5) is 4.39 Å². The first kappa shape index (κ1) is 19.1. The molecule has 1 aromatic carbocycles. The fourth-order valence-electron chi connectivity index (χ4n) is 4.26. The van der Waals surface area contributed by atoms with Gasteiger partial charge in [0.15, 0.2) is 5.75 Å². The van der Waals surface area contributed by atoms with Gasteiger partial charge in [0.2, 0.25) is 0 Å². The van der Waals surface area contributed by atoms with Gasteiger partial charge in [0.05, 0.1) is 5.69 Å². The van der Waals surface area contributed by atoms with Crippen LogP contribution < -0.4 is 4.74 Å². The van der Waals surface area contributed by atoms with E-state index in [9.17, 15) is 24.8 Å². The summed E-state index contributed by atoms with van der Waals surface area (Å²) in [4.78, 5) is 5.38. The monoisotopic (exact) mass is 390 g/mol. The highest BCUT2D eigenvalue weighted by Crippen LogP contribution is 2.43. The zero-order chi connectivity index (χ0) is 19.9. The lowest BCUT2D eigenvalue weighted by Crippen LogP contribution is -2.49. The van der Waals surface area contributed by atoms with E-state index in [2.05, 4.69) is 4.98 Å². The van der Waals surface area contributed by atoms with E-state index >= 15 is 0 Å². The number of fused-ring (bicyclic) bond motifs is 1. The molecule has 2 aromatic rings. The molecule has 7 nitrogen and oxygen atoms in total. The van der Waals surface area contributed by atoms with Crippen molar-refractivity contribution < 1.29 is 29.6 Å².